The predicted molar refractivity (Wildman–Crippen MR) is 101 cm³/mol. The van der Waals surface area contributed by atoms with Crippen molar-refractivity contribution in [2.75, 3.05) is 6.61 Å². The van der Waals surface area contributed by atoms with Crippen molar-refractivity contribution in [1.29, 1.82) is 0 Å². The van der Waals surface area contributed by atoms with Crippen LogP contribution in [-0.4, -0.2) is 29.7 Å². The van der Waals surface area contributed by atoms with E-state index < -0.39 is 16.7 Å². The molecule has 2 unspecified atom stereocenters. The van der Waals surface area contributed by atoms with E-state index in [2.05, 4.69) is 9.57 Å². The summed E-state index contributed by atoms with van der Waals surface area (Å²) in [6.07, 6.45) is 8.09. The normalized spacial score (nSPS) is 25.2. The molecule has 6 heteroatoms. The van der Waals surface area contributed by atoms with Crippen LogP contribution in [0, 0.1) is 25.7 Å². The predicted octanol–water partition coefficient (Wildman–Crippen LogP) is 4.62. The smallest absolute Gasteiger partial charge is 0.291 e. The van der Waals surface area contributed by atoms with Crippen LogP contribution in [0.5, 0.6) is 0 Å². The molecule has 1 aromatic rings. The van der Waals surface area contributed by atoms with Crippen LogP contribution in [0.4, 0.5) is 0 Å². The minimum absolute atomic E-state index is 0.156. The molecule has 1 heterocycles. The highest BCUT2D eigenvalue weighted by molar-refractivity contribution is 8.28. The first-order chi connectivity index (χ1) is 11.8. The van der Waals surface area contributed by atoms with Gasteiger partial charge >= 0.3 is 0 Å². The zero-order valence-corrected chi connectivity index (χ0v) is 16.0. The molecular weight excluding hydrogens is 336 g/mol. The van der Waals surface area contributed by atoms with Gasteiger partial charge < -0.3 is 14.0 Å². The standard InChI is InChI=1S/C19H28N2O3S/c1-14-9-11-17(12-10-14)25(5,22)21-19(20-4)15(2)16(3)24-18-8-6-7-13-23-18/h5,9-12,15-16,18-19,21-22H,6-8,13H2,1-3H3/t15-,16-,18?,19-/m0/s1. The van der Waals surface area contributed by atoms with Crippen LogP contribution in [-0.2, 0) is 9.47 Å². The lowest BCUT2D eigenvalue weighted by molar-refractivity contribution is -0.193. The van der Waals surface area contributed by atoms with E-state index in [1.807, 2.05) is 32.9 Å². The third kappa shape index (κ3) is 5.70. The molecule has 0 bridgehead atoms. The highest BCUT2D eigenvalue weighted by Gasteiger charge is 2.34. The molecule has 2 N–H and O–H groups in total. The summed E-state index contributed by atoms with van der Waals surface area (Å²) in [5.41, 5.74) is 1.09. The van der Waals surface area contributed by atoms with Crippen LogP contribution >= 0.6 is 10.5 Å². The minimum Gasteiger partial charge on any atom is -0.353 e. The Hall–Kier alpha value is -1.10. The zero-order valence-electron chi connectivity index (χ0n) is 15.1. The lowest BCUT2D eigenvalue weighted by atomic mass is 10.0. The molecule has 5 atom stereocenters. The highest BCUT2D eigenvalue weighted by atomic mass is 32.3. The lowest BCUT2D eigenvalue weighted by Gasteiger charge is -2.34. The van der Waals surface area contributed by atoms with E-state index in [1.165, 1.54) is 0 Å². The van der Waals surface area contributed by atoms with E-state index in [0.717, 1.165) is 31.4 Å². The number of ether oxygens (including phenoxy) is 2. The Bertz CT molecular complexity index is 579. The van der Waals surface area contributed by atoms with Gasteiger partial charge in [0.1, 0.15) is 0 Å². The third-order valence-corrected chi connectivity index (χ3v) is 6.15. The quantitative estimate of drug-likeness (QED) is 0.693. The van der Waals surface area contributed by atoms with E-state index in [-0.39, 0.29) is 18.3 Å². The van der Waals surface area contributed by atoms with Crippen LogP contribution in [0.15, 0.2) is 29.2 Å². The Labute approximate surface area is 153 Å². The van der Waals surface area contributed by atoms with Crippen molar-refractivity contribution in [1.82, 2.24) is 4.72 Å². The molecule has 138 valence electrons. The first kappa shape index (κ1) is 20.2. The maximum Gasteiger partial charge on any atom is 0.291 e. The molecule has 2 radical (unpaired) electrons. The summed E-state index contributed by atoms with van der Waals surface area (Å²) in [6.45, 7) is 14.0. The molecule has 1 aromatic carbocycles. The fourth-order valence-electron chi connectivity index (χ4n) is 2.69. The fraction of sp³-hybridized carbons (Fsp3) is 0.579. The van der Waals surface area contributed by atoms with Crippen LogP contribution in [0.2, 0.25) is 0 Å². The lowest BCUT2D eigenvalue weighted by Crippen LogP contribution is -2.40. The van der Waals surface area contributed by atoms with Gasteiger partial charge in [-0.3, -0.25) is 4.85 Å². The van der Waals surface area contributed by atoms with Crippen LogP contribution in [0.25, 0.3) is 4.85 Å². The minimum atomic E-state index is -2.75. The molecule has 1 saturated heterocycles. The molecule has 1 aliphatic rings. The Kier molecular flexibility index (Phi) is 7.29. The van der Waals surface area contributed by atoms with Gasteiger partial charge in [-0.15, -0.1) is 0 Å². The van der Waals surface area contributed by atoms with Crippen molar-refractivity contribution in [2.45, 2.75) is 63.5 Å². The Morgan fingerprint density at radius 3 is 2.60 bits per heavy atom. The molecule has 5 nitrogen and oxygen atoms in total. The molecule has 1 aliphatic heterocycles. The van der Waals surface area contributed by atoms with E-state index in [0.29, 0.717) is 4.90 Å². The van der Waals surface area contributed by atoms with Gasteiger partial charge in [-0.2, -0.15) is 4.72 Å². The van der Waals surface area contributed by atoms with Gasteiger partial charge in [-0.1, -0.05) is 24.6 Å². The second-order valence-corrected chi connectivity index (χ2v) is 8.59. The van der Waals surface area contributed by atoms with E-state index in [1.54, 1.807) is 12.1 Å². The number of hydrogen-bond donors (Lipinski definition) is 2. The third-order valence-electron chi connectivity index (χ3n) is 4.56. The highest BCUT2D eigenvalue weighted by Crippen LogP contribution is 2.47. The Morgan fingerprint density at radius 1 is 1.36 bits per heavy atom. The number of nitrogens with one attached hydrogen (secondary N) is 1. The summed E-state index contributed by atoms with van der Waals surface area (Å²) < 4.78 is 25.2. The summed E-state index contributed by atoms with van der Waals surface area (Å²) in [7, 11) is -2.75. The number of benzene rings is 1. The van der Waals surface area contributed by atoms with E-state index in [9.17, 15) is 4.55 Å². The Morgan fingerprint density at radius 2 is 2.04 bits per heavy atom. The number of aryl methyl sites for hydroxylation is 1. The SMILES string of the molecule is [C-]#[N+][C@@H](NS([CH])(O)c1ccc(C)cc1)[C@@H](C)[C@H](C)OC1CCCCO1. The number of hydrogen-bond acceptors (Lipinski definition) is 4. The van der Waals surface area contributed by atoms with Gasteiger partial charge in [0.2, 0.25) is 0 Å². The van der Waals surface area contributed by atoms with Crippen molar-refractivity contribution in [2.24, 2.45) is 5.92 Å². The van der Waals surface area contributed by atoms with Gasteiger partial charge in [0.15, 0.2) is 6.29 Å². The van der Waals surface area contributed by atoms with Crippen LogP contribution in [0.1, 0.15) is 38.7 Å². The van der Waals surface area contributed by atoms with Crippen molar-refractivity contribution in [3.63, 3.8) is 0 Å². The maximum atomic E-state index is 10.7. The molecule has 0 saturated carbocycles. The second-order valence-electron chi connectivity index (χ2n) is 6.63. The fourth-order valence-corrected chi connectivity index (χ4v) is 4.01. The van der Waals surface area contributed by atoms with Crippen molar-refractivity contribution >= 4 is 10.5 Å². The van der Waals surface area contributed by atoms with Crippen molar-refractivity contribution in [3.05, 3.63) is 47.5 Å². The summed E-state index contributed by atoms with van der Waals surface area (Å²) in [5.74, 6) is -0.156. The largest absolute Gasteiger partial charge is 0.353 e. The van der Waals surface area contributed by atoms with Gasteiger partial charge in [0.25, 0.3) is 6.17 Å². The van der Waals surface area contributed by atoms with Gasteiger partial charge in [0.05, 0.1) is 18.3 Å². The maximum absolute atomic E-state index is 10.7. The van der Waals surface area contributed by atoms with E-state index >= 15 is 0 Å². The average Bonchev–Trinajstić information content (AvgIpc) is 2.60. The molecule has 1 fully saturated rings. The zero-order chi connectivity index (χ0) is 18.4. The topological polar surface area (TPSA) is 55.1 Å². The monoisotopic (exact) mass is 364 g/mol. The number of rotatable bonds is 7. The molecule has 0 amide bonds. The first-order valence-corrected chi connectivity index (χ1v) is 10.3. The van der Waals surface area contributed by atoms with Gasteiger partial charge in [-0.25, -0.2) is 6.57 Å². The van der Waals surface area contributed by atoms with Gasteiger partial charge in [0, 0.05) is 11.5 Å². The van der Waals surface area contributed by atoms with Crippen molar-refractivity contribution < 1.29 is 14.0 Å². The molecular formula is C19H28N2O3S. The summed E-state index contributed by atoms with van der Waals surface area (Å²) >= 11 is 0. The second kappa shape index (κ2) is 9.02. The molecule has 2 rings (SSSR count). The first-order valence-electron chi connectivity index (χ1n) is 8.64. The van der Waals surface area contributed by atoms with Crippen LogP contribution in [0.3, 0.4) is 0 Å². The van der Waals surface area contributed by atoms with Crippen LogP contribution < -0.4 is 4.72 Å². The summed E-state index contributed by atoms with van der Waals surface area (Å²) in [4.78, 5) is 4.23. The summed E-state index contributed by atoms with van der Waals surface area (Å²) in [5, 5.41) is 0. The molecule has 25 heavy (non-hydrogen) atoms. The molecule has 0 aromatic heterocycles. The summed E-state index contributed by atoms with van der Waals surface area (Å²) in [6, 6.07) is 7.37. The number of nitrogens with zero attached hydrogens (tertiary/aromatic N) is 1. The van der Waals surface area contributed by atoms with Crippen molar-refractivity contribution in [3.8, 4) is 0 Å². The van der Waals surface area contributed by atoms with E-state index in [4.69, 9.17) is 22.3 Å². The van der Waals surface area contributed by atoms with Gasteiger partial charge in [-0.05, 0) is 55.7 Å². The Balaban J connectivity index is 1.99. The molecule has 0 aliphatic carbocycles. The molecule has 0 spiro atoms. The average molecular weight is 365 g/mol.